The van der Waals surface area contributed by atoms with Crippen LogP contribution in [-0.4, -0.2) is 25.4 Å². The van der Waals surface area contributed by atoms with Gasteiger partial charge in [-0.05, 0) is 12.1 Å². The Bertz CT molecular complexity index is 687. The smallest absolute Gasteiger partial charge is 0.311 e. The number of nitro groups is 1. The first-order valence-corrected chi connectivity index (χ1v) is 6.40. The number of para-hydroxylation sites is 1. The molecular weight excluding hydrogens is 286 g/mol. The van der Waals surface area contributed by atoms with Crippen LogP contribution in [-0.2, 0) is 0 Å². The van der Waals surface area contributed by atoms with Crippen LogP contribution in [0.2, 0.25) is 0 Å². The van der Waals surface area contributed by atoms with Crippen molar-refractivity contribution in [3.05, 3.63) is 58.1 Å². The lowest BCUT2D eigenvalue weighted by atomic mass is 10.1. The molecule has 0 aromatic heterocycles. The molecule has 0 spiro atoms. The van der Waals surface area contributed by atoms with E-state index in [0.29, 0.717) is 11.3 Å². The molecule has 0 saturated heterocycles. The zero-order valence-corrected chi connectivity index (χ0v) is 12.1. The highest BCUT2D eigenvalue weighted by Gasteiger charge is 2.18. The molecule has 2 aromatic carbocycles. The molecule has 22 heavy (non-hydrogen) atoms. The van der Waals surface area contributed by atoms with Gasteiger partial charge in [0.05, 0.1) is 31.0 Å². The van der Waals surface area contributed by atoms with Crippen molar-refractivity contribution in [2.24, 2.45) is 5.10 Å². The first-order chi connectivity index (χ1) is 10.7. The van der Waals surface area contributed by atoms with Crippen molar-refractivity contribution in [2.75, 3.05) is 19.6 Å². The predicted molar refractivity (Wildman–Crippen MR) is 83.9 cm³/mol. The summed E-state index contributed by atoms with van der Waals surface area (Å²) in [6.45, 7) is 0. The number of nitrogens with zero attached hydrogens (tertiary/aromatic N) is 2. The second-order valence-corrected chi connectivity index (χ2v) is 4.26. The van der Waals surface area contributed by atoms with Crippen LogP contribution in [0.4, 0.5) is 11.4 Å². The normalized spacial score (nSPS) is 10.5. The fourth-order valence-electron chi connectivity index (χ4n) is 1.84. The Morgan fingerprint density at radius 2 is 1.82 bits per heavy atom. The van der Waals surface area contributed by atoms with Crippen molar-refractivity contribution in [2.45, 2.75) is 0 Å². The van der Waals surface area contributed by atoms with Crippen LogP contribution in [0.5, 0.6) is 11.5 Å². The Balaban J connectivity index is 2.29. The van der Waals surface area contributed by atoms with E-state index in [0.717, 1.165) is 5.69 Å². The van der Waals surface area contributed by atoms with Crippen LogP contribution in [0.25, 0.3) is 0 Å². The molecule has 0 amide bonds. The monoisotopic (exact) mass is 301 g/mol. The number of nitro benzene ring substituents is 1. The molecule has 0 unspecified atom stereocenters. The zero-order valence-electron chi connectivity index (χ0n) is 12.1. The molecule has 114 valence electrons. The number of hydrazone groups is 1. The van der Waals surface area contributed by atoms with E-state index in [1.54, 1.807) is 0 Å². The van der Waals surface area contributed by atoms with Crippen molar-refractivity contribution >= 4 is 17.6 Å². The number of rotatable bonds is 6. The molecule has 0 saturated carbocycles. The number of ether oxygens (including phenoxy) is 2. The third kappa shape index (κ3) is 3.51. The van der Waals surface area contributed by atoms with E-state index in [2.05, 4.69) is 10.5 Å². The lowest BCUT2D eigenvalue weighted by Crippen LogP contribution is -1.99. The summed E-state index contributed by atoms with van der Waals surface area (Å²) in [4.78, 5) is 10.5. The molecule has 1 N–H and O–H groups in total. The van der Waals surface area contributed by atoms with E-state index in [9.17, 15) is 10.1 Å². The van der Waals surface area contributed by atoms with E-state index in [1.165, 1.54) is 32.6 Å². The summed E-state index contributed by atoms with van der Waals surface area (Å²) in [6.07, 6.45) is 1.46. The molecule has 0 fully saturated rings. The highest BCUT2D eigenvalue weighted by molar-refractivity contribution is 5.86. The maximum atomic E-state index is 11.1. The summed E-state index contributed by atoms with van der Waals surface area (Å²) in [6, 6.07) is 12.2. The van der Waals surface area contributed by atoms with Gasteiger partial charge in [0.15, 0.2) is 0 Å². The van der Waals surface area contributed by atoms with E-state index in [4.69, 9.17) is 9.47 Å². The maximum absolute atomic E-state index is 11.1. The highest BCUT2D eigenvalue weighted by atomic mass is 16.6. The average Bonchev–Trinajstić information content (AvgIpc) is 2.55. The first-order valence-electron chi connectivity index (χ1n) is 6.40. The third-order valence-electron chi connectivity index (χ3n) is 2.90. The van der Waals surface area contributed by atoms with Gasteiger partial charge in [0, 0.05) is 17.7 Å². The van der Waals surface area contributed by atoms with Gasteiger partial charge in [-0.1, -0.05) is 18.2 Å². The van der Waals surface area contributed by atoms with E-state index in [-0.39, 0.29) is 11.4 Å². The van der Waals surface area contributed by atoms with Crippen LogP contribution >= 0.6 is 0 Å². The van der Waals surface area contributed by atoms with Crippen molar-refractivity contribution in [1.82, 2.24) is 0 Å². The predicted octanol–water partition coefficient (Wildman–Crippen LogP) is 3.06. The van der Waals surface area contributed by atoms with Gasteiger partial charge < -0.3 is 9.47 Å². The van der Waals surface area contributed by atoms with Gasteiger partial charge in [-0.3, -0.25) is 15.5 Å². The molecular formula is C15H15N3O4. The minimum absolute atomic E-state index is 0.134. The number of hydrogen-bond acceptors (Lipinski definition) is 6. The van der Waals surface area contributed by atoms with Gasteiger partial charge in [0.25, 0.3) is 0 Å². The molecule has 0 aliphatic carbocycles. The number of hydrogen-bond donors (Lipinski definition) is 1. The van der Waals surface area contributed by atoms with Gasteiger partial charge in [-0.25, -0.2) is 0 Å². The molecule has 0 heterocycles. The molecule has 0 bridgehead atoms. The van der Waals surface area contributed by atoms with E-state index < -0.39 is 4.92 Å². The van der Waals surface area contributed by atoms with Crippen LogP contribution in [0.3, 0.4) is 0 Å². The van der Waals surface area contributed by atoms with Crippen molar-refractivity contribution in [1.29, 1.82) is 0 Å². The summed E-state index contributed by atoms with van der Waals surface area (Å²) in [7, 11) is 2.84. The van der Waals surface area contributed by atoms with Crippen LogP contribution in [0.15, 0.2) is 47.6 Å². The van der Waals surface area contributed by atoms with Crippen molar-refractivity contribution in [3.8, 4) is 11.5 Å². The lowest BCUT2D eigenvalue weighted by molar-refractivity contribution is -0.385. The molecule has 0 aliphatic rings. The van der Waals surface area contributed by atoms with Crippen LogP contribution in [0, 0.1) is 10.1 Å². The topological polar surface area (TPSA) is 86.0 Å². The molecule has 2 rings (SSSR count). The Morgan fingerprint density at radius 3 is 2.41 bits per heavy atom. The molecule has 7 nitrogen and oxygen atoms in total. The summed E-state index contributed by atoms with van der Waals surface area (Å²) in [5.41, 5.74) is 3.96. The number of anilines is 1. The van der Waals surface area contributed by atoms with Gasteiger partial charge in [0.2, 0.25) is 5.75 Å². The Morgan fingerprint density at radius 1 is 1.14 bits per heavy atom. The molecule has 0 radical (unpaired) electrons. The van der Waals surface area contributed by atoms with Gasteiger partial charge in [-0.2, -0.15) is 5.10 Å². The largest absolute Gasteiger partial charge is 0.496 e. The SMILES string of the molecule is COc1cc(OC)c([N+](=O)[O-])cc1/C=N/Nc1ccccc1. The van der Waals surface area contributed by atoms with Crippen LogP contribution in [0.1, 0.15) is 5.56 Å². The summed E-state index contributed by atoms with van der Waals surface area (Å²) in [5.74, 6) is 0.566. The summed E-state index contributed by atoms with van der Waals surface area (Å²) >= 11 is 0. The minimum atomic E-state index is -0.514. The van der Waals surface area contributed by atoms with Crippen LogP contribution < -0.4 is 14.9 Å². The maximum Gasteiger partial charge on any atom is 0.311 e. The number of benzene rings is 2. The average molecular weight is 301 g/mol. The number of methoxy groups -OCH3 is 2. The second-order valence-electron chi connectivity index (χ2n) is 4.26. The quantitative estimate of drug-likeness (QED) is 0.503. The minimum Gasteiger partial charge on any atom is -0.496 e. The van der Waals surface area contributed by atoms with Gasteiger partial charge in [0.1, 0.15) is 5.75 Å². The fraction of sp³-hybridized carbons (Fsp3) is 0.133. The standard InChI is InChI=1S/C15H15N3O4/c1-21-14-9-15(22-2)13(18(19)20)8-11(14)10-16-17-12-6-4-3-5-7-12/h3-10,17H,1-2H3/b16-10+. The van der Waals surface area contributed by atoms with E-state index >= 15 is 0 Å². The molecule has 7 heteroatoms. The third-order valence-corrected chi connectivity index (χ3v) is 2.90. The van der Waals surface area contributed by atoms with E-state index in [1.807, 2.05) is 30.3 Å². The fourth-order valence-corrected chi connectivity index (χ4v) is 1.84. The van der Waals surface area contributed by atoms with Gasteiger partial charge in [-0.15, -0.1) is 0 Å². The van der Waals surface area contributed by atoms with Crippen molar-refractivity contribution < 1.29 is 14.4 Å². The van der Waals surface area contributed by atoms with Crippen molar-refractivity contribution in [3.63, 3.8) is 0 Å². The Hall–Kier alpha value is -3.09. The Labute approximate surface area is 127 Å². The Kier molecular flexibility index (Phi) is 4.92. The highest BCUT2D eigenvalue weighted by Crippen LogP contribution is 2.33. The molecule has 2 aromatic rings. The lowest BCUT2D eigenvalue weighted by Gasteiger charge is -2.08. The first kappa shape index (κ1) is 15.3. The number of nitrogens with one attached hydrogen (secondary N) is 1. The molecule has 0 atom stereocenters. The summed E-state index contributed by atoms with van der Waals surface area (Å²) < 4.78 is 10.2. The zero-order chi connectivity index (χ0) is 15.9. The molecule has 0 aliphatic heterocycles. The van der Waals surface area contributed by atoms with Gasteiger partial charge >= 0.3 is 5.69 Å². The second kappa shape index (κ2) is 7.07. The summed E-state index contributed by atoms with van der Waals surface area (Å²) in [5, 5.41) is 15.1.